The summed E-state index contributed by atoms with van der Waals surface area (Å²) in [6, 6.07) is 9.23. The SMILES string of the molecule is COc1ccc(OC)c(NC(=O)CSc2nnc(COc3ccc(F)c(Cl)c3)n2C)c1. The molecule has 1 heterocycles. The second-order valence-corrected chi connectivity index (χ2v) is 7.58. The Labute approximate surface area is 187 Å². The molecule has 1 N–H and O–H groups in total. The highest BCUT2D eigenvalue weighted by Crippen LogP contribution is 2.29. The number of hydrogen-bond acceptors (Lipinski definition) is 7. The third-order valence-corrected chi connectivity index (χ3v) is 5.51. The van der Waals surface area contributed by atoms with E-state index in [-0.39, 0.29) is 23.3 Å². The van der Waals surface area contributed by atoms with Gasteiger partial charge >= 0.3 is 0 Å². The fourth-order valence-electron chi connectivity index (χ4n) is 2.54. The van der Waals surface area contributed by atoms with Crippen molar-refractivity contribution < 1.29 is 23.4 Å². The van der Waals surface area contributed by atoms with E-state index in [9.17, 15) is 9.18 Å². The van der Waals surface area contributed by atoms with Crippen LogP contribution >= 0.6 is 23.4 Å². The molecule has 1 amide bonds. The molecule has 31 heavy (non-hydrogen) atoms. The number of hydrogen-bond donors (Lipinski definition) is 1. The molecular weight excluding hydrogens is 447 g/mol. The minimum Gasteiger partial charge on any atom is -0.497 e. The molecule has 0 bridgehead atoms. The number of aromatic nitrogens is 3. The van der Waals surface area contributed by atoms with Crippen LogP contribution in [0.2, 0.25) is 5.02 Å². The number of benzene rings is 2. The highest BCUT2D eigenvalue weighted by atomic mass is 35.5. The first-order valence-corrected chi connectivity index (χ1v) is 10.4. The first kappa shape index (κ1) is 22.7. The normalized spacial score (nSPS) is 10.6. The van der Waals surface area contributed by atoms with Crippen molar-refractivity contribution in [1.29, 1.82) is 0 Å². The standard InChI is InChI=1S/C20H20ClFN4O4S/c1-26-18(10-30-13-4-6-15(22)14(21)8-13)24-25-20(26)31-11-19(27)23-16-9-12(28-2)5-7-17(16)29-3/h4-9H,10-11H2,1-3H3,(H,23,27). The highest BCUT2D eigenvalue weighted by molar-refractivity contribution is 7.99. The van der Waals surface area contributed by atoms with E-state index in [1.54, 1.807) is 36.9 Å². The molecule has 0 spiro atoms. The molecule has 164 valence electrons. The first-order chi connectivity index (χ1) is 14.9. The fraction of sp³-hybridized carbons (Fsp3) is 0.250. The van der Waals surface area contributed by atoms with Crippen LogP contribution in [0.1, 0.15) is 5.82 Å². The molecule has 1 aromatic heterocycles. The third-order valence-electron chi connectivity index (χ3n) is 4.20. The molecule has 0 aliphatic heterocycles. The quantitative estimate of drug-likeness (QED) is 0.478. The number of thioether (sulfide) groups is 1. The number of anilines is 1. The summed E-state index contributed by atoms with van der Waals surface area (Å²) in [5.74, 6) is 1.44. The zero-order valence-corrected chi connectivity index (χ0v) is 18.6. The van der Waals surface area contributed by atoms with Gasteiger partial charge in [0.25, 0.3) is 0 Å². The molecule has 0 aliphatic rings. The van der Waals surface area contributed by atoms with Gasteiger partial charge in [0.05, 0.1) is 30.7 Å². The van der Waals surface area contributed by atoms with Crippen LogP contribution in [0.15, 0.2) is 41.6 Å². The van der Waals surface area contributed by atoms with Crippen LogP contribution in [0.3, 0.4) is 0 Å². The topological polar surface area (TPSA) is 87.5 Å². The molecule has 2 aromatic carbocycles. The molecular formula is C20H20ClFN4O4S. The van der Waals surface area contributed by atoms with Crippen molar-refractivity contribution in [1.82, 2.24) is 14.8 Å². The number of amides is 1. The maximum Gasteiger partial charge on any atom is 0.234 e. The monoisotopic (exact) mass is 466 g/mol. The number of nitrogens with zero attached hydrogens (tertiary/aromatic N) is 3. The number of ether oxygens (including phenoxy) is 3. The predicted molar refractivity (Wildman–Crippen MR) is 116 cm³/mol. The van der Waals surface area contributed by atoms with E-state index in [4.69, 9.17) is 25.8 Å². The van der Waals surface area contributed by atoms with E-state index in [0.717, 1.165) is 0 Å². The lowest BCUT2D eigenvalue weighted by atomic mass is 10.2. The van der Waals surface area contributed by atoms with Crippen molar-refractivity contribution in [2.45, 2.75) is 11.8 Å². The molecule has 0 saturated carbocycles. The van der Waals surface area contributed by atoms with E-state index in [1.165, 1.54) is 37.1 Å². The molecule has 3 aromatic rings. The molecule has 0 unspecified atom stereocenters. The van der Waals surface area contributed by atoms with Crippen molar-refractivity contribution in [3.05, 3.63) is 53.1 Å². The van der Waals surface area contributed by atoms with Gasteiger partial charge in [0, 0.05) is 19.2 Å². The molecule has 0 radical (unpaired) electrons. The van der Waals surface area contributed by atoms with Gasteiger partial charge in [-0.25, -0.2) is 4.39 Å². The summed E-state index contributed by atoms with van der Waals surface area (Å²) < 4.78 is 31.0. The first-order valence-electron chi connectivity index (χ1n) is 9.02. The summed E-state index contributed by atoms with van der Waals surface area (Å²) in [4.78, 5) is 12.4. The Hall–Kier alpha value is -2.98. The number of carbonyl (C=O) groups excluding carboxylic acids is 1. The van der Waals surface area contributed by atoms with Gasteiger partial charge < -0.3 is 24.1 Å². The van der Waals surface area contributed by atoms with Crippen LogP contribution in [0.5, 0.6) is 17.2 Å². The fourth-order valence-corrected chi connectivity index (χ4v) is 3.44. The molecule has 8 nitrogen and oxygen atoms in total. The number of rotatable bonds is 9. The smallest absolute Gasteiger partial charge is 0.234 e. The number of halogens is 2. The lowest BCUT2D eigenvalue weighted by Gasteiger charge is -2.11. The van der Waals surface area contributed by atoms with E-state index < -0.39 is 5.82 Å². The largest absolute Gasteiger partial charge is 0.497 e. The zero-order valence-electron chi connectivity index (χ0n) is 17.0. The van der Waals surface area contributed by atoms with E-state index in [2.05, 4.69) is 15.5 Å². The van der Waals surface area contributed by atoms with Gasteiger partial charge in [-0.1, -0.05) is 23.4 Å². The van der Waals surface area contributed by atoms with Crippen LogP contribution in [0.4, 0.5) is 10.1 Å². The van der Waals surface area contributed by atoms with E-state index in [1.807, 2.05) is 0 Å². The number of carbonyl (C=O) groups is 1. The van der Waals surface area contributed by atoms with Crippen LogP contribution in [-0.2, 0) is 18.4 Å². The van der Waals surface area contributed by atoms with Crippen molar-refractivity contribution in [3.8, 4) is 17.2 Å². The van der Waals surface area contributed by atoms with E-state index >= 15 is 0 Å². The summed E-state index contributed by atoms with van der Waals surface area (Å²) in [6.45, 7) is 0.110. The Kier molecular flexibility index (Phi) is 7.59. The number of methoxy groups -OCH3 is 2. The highest BCUT2D eigenvalue weighted by Gasteiger charge is 2.14. The number of nitrogens with one attached hydrogen (secondary N) is 1. The lowest BCUT2D eigenvalue weighted by molar-refractivity contribution is -0.113. The maximum atomic E-state index is 13.2. The molecule has 0 fully saturated rings. The minimum absolute atomic E-state index is 0.0228. The van der Waals surface area contributed by atoms with E-state index in [0.29, 0.717) is 33.9 Å². The molecule has 0 saturated heterocycles. The average molecular weight is 467 g/mol. The van der Waals surface area contributed by atoms with Crippen LogP contribution < -0.4 is 19.5 Å². The van der Waals surface area contributed by atoms with Crippen molar-refractivity contribution >= 4 is 35.0 Å². The van der Waals surface area contributed by atoms with Crippen molar-refractivity contribution in [3.63, 3.8) is 0 Å². The predicted octanol–water partition coefficient (Wildman–Crippen LogP) is 3.93. The summed E-state index contributed by atoms with van der Waals surface area (Å²) in [6.07, 6.45) is 0. The Morgan fingerprint density at radius 2 is 1.94 bits per heavy atom. The molecule has 0 aliphatic carbocycles. The second kappa shape index (κ2) is 10.4. The minimum atomic E-state index is -0.517. The van der Waals surface area contributed by atoms with Gasteiger partial charge in [0.2, 0.25) is 5.91 Å². The van der Waals surface area contributed by atoms with Crippen LogP contribution in [-0.4, -0.2) is 40.6 Å². The summed E-state index contributed by atoms with van der Waals surface area (Å²) in [5.41, 5.74) is 0.512. The third kappa shape index (κ3) is 5.80. The zero-order chi connectivity index (χ0) is 22.4. The van der Waals surface area contributed by atoms with Crippen molar-refractivity contribution in [2.75, 3.05) is 25.3 Å². The van der Waals surface area contributed by atoms with Crippen LogP contribution in [0, 0.1) is 5.82 Å². The summed E-state index contributed by atoms with van der Waals surface area (Å²) >= 11 is 6.98. The summed E-state index contributed by atoms with van der Waals surface area (Å²) in [7, 11) is 4.83. The molecule has 3 rings (SSSR count). The van der Waals surface area contributed by atoms with Gasteiger partial charge in [-0.2, -0.15) is 0 Å². The van der Waals surface area contributed by atoms with Gasteiger partial charge in [-0.05, 0) is 24.3 Å². The average Bonchev–Trinajstić information content (AvgIpc) is 3.12. The Morgan fingerprint density at radius 1 is 1.16 bits per heavy atom. The Balaban J connectivity index is 1.57. The second-order valence-electron chi connectivity index (χ2n) is 6.23. The molecule has 0 atom stereocenters. The lowest BCUT2D eigenvalue weighted by Crippen LogP contribution is -2.15. The Morgan fingerprint density at radius 3 is 2.65 bits per heavy atom. The maximum absolute atomic E-state index is 13.2. The van der Waals surface area contributed by atoms with Gasteiger partial charge in [-0.15, -0.1) is 10.2 Å². The van der Waals surface area contributed by atoms with Gasteiger partial charge in [0.15, 0.2) is 11.0 Å². The molecule has 11 heteroatoms. The van der Waals surface area contributed by atoms with Crippen molar-refractivity contribution in [2.24, 2.45) is 7.05 Å². The van der Waals surface area contributed by atoms with Gasteiger partial charge in [0.1, 0.15) is 29.7 Å². The van der Waals surface area contributed by atoms with Gasteiger partial charge in [-0.3, -0.25) is 4.79 Å². The Bertz CT molecular complexity index is 1080. The van der Waals surface area contributed by atoms with Crippen LogP contribution in [0.25, 0.3) is 0 Å². The summed E-state index contributed by atoms with van der Waals surface area (Å²) in [5, 5.41) is 11.5.